The number of likely N-dealkylation sites (tertiary alicyclic amines) is 1. The van der Waals surface area contributed by atoms with Crippen LogP contribution in [0.4, 0.5) is 0 Å². The van der Waals surface area contributed by atoms with Crippen LogP contribution in [0.1, 0.15) is 41.6 Å². The van der Waals surface area contributed by atoms with Gasteiger partial charge >= 0.3 is 0 Å². The molecule has 3 heteroatoms. The second-order valence-corrected chi connectivity index (χ2v) is 5.81. The first-order valence-electron chi connectivity index (χ1n) is 7.62. The molecular weight excluding hydrogens is 250 g/mol. The first-order chi connectivity index (χ1) is 9.70. The Kier molecular flexibility index (Phi) is 5.74. The molecule has 1 aliphatic heterocycles. The molecule has 1 N–H and O–H groups in total. The molecular formula is C17H25NO2. The molecule has 1 aliphatic rings. The van der Waals surface area contributed by atoms with E-state index in [0.717, 1.165) is 37.2 Å². The Morgan fingerprint density at radius 2 is 2.20 bits per heavy atom. The first kappa shape index (κ1) is 15.2. The quantitative estimate of drug-likeness (QED) is 0.811. The summed E-state index contributed by atoms with van der Waals surface area (Å²) < 4.78 is 0. The third kappa shape index (κ3) is 4.15. The number of hydrogen-bond acceptors (Lipinski definition) is 3. The fourth-order valence-electron chi connectivity index (χ4n) is 3.05. The predicted octanol–water partition coefficient (Wildman–Crippen LogP) is 2.66. The molecule has 3 nitrogen and oxygen atoms in total. The largest absolute Gasteiger partial charge is 0.396 e. The van der Waals surface area contributed by atoms with Gasteiger partial charge in [-0.05, 0) is 44.2 Å². The van der Waals surface area contributed by atoms with Crippen molar-refractivity contribution in [2.75, 3.05) is 26.2 Å². The fraction of sp³-hybridized carbons (Fsp3) is 0.588. The molecule has 0 amide bonds. The average molecular weight is 275 g/mol. The molecule has 0 aromatic heterocycles. The maximum atomic E-state index is 12.2. The van der Waals surface area contributed by atoms with Crippen LogP contribution in [-0.4, -0.2) is 42.0 Å². The van der Waals surface area contributed by atoms with E-state index in [2.05, 4.69) is 4.90 Å². The van der Waals surface area contributed by atoms with E-state index >= 15 is 0 Å². The van der Waals surface area contributed by atoms with Crippen molar-refractivity contribution in [2.45, 2.75) is 32.6 Å². The normalized spacial score (nSPS) is 20.0. The maximum Gasteiger partial charge on any atom is 0.164 e. The molecule has 1 atom stereocenters. The minimum absolute atomic E-state index is 0.243. The number of piperidine rings is 1. The van der Waals surface area contributed by atoms with Crippen molar-refractivity contribution in [3.63, 3.8) is 0 Å². The number of aryl methyl sites for hydroxylation is 1. The Labute approximate surface area is 121 Å². The van der Waals surface area contributed by atoms with Crippen molar-refractivity contribution in [2.24, 2.45) is 5.92 Å². The highest BCUT2D eigenvalue weighted by atomic mass is 16.3. The second kappa shape index (κ2) is 7.55. The van der Waals surface area contributed by atoms with Gasteiger partial charge in [-0.25, -0.2) is 0 Å². The van der Waals surface area contributed by atoms with E-state index in [0.29, 0.717) is 12.3 Å². The minimum atomic E-state index is 0.243. The molecule has 0 bridgehead atoms. The van der Waals surface area contributed by atoms with Crippen molar-refractivity contribution in [3.8, 4) is 0 Å². The van der Waals surface area contributed by atoms with Crippen molar-refractivity contribution in [1.29, 1.82) is 0 Å². The standard InChI is InChI=1S/C17H25NO2/c1-14-5-2-3-7-16(14)17(20)8-11-18-10-4-6-15(13-18)9-12-19/h2-3,5,7,15,19H,4,6,8-13H2,1H3. The van der Waals surface area contributed by atoms with Crippen LogP contribution in [0.25, 0.3) is 0 Å². The zero-order valence-electron chi connectivity index (χ0n) is 12.3. The highest BCUT2D eigenvalue weighted by Gasteiger charge is 2.20. The van der Waals surface area contributed by atoms with Crippen LogP contribution >= 0.6 is 0 Å². The number of ketones is 1. The number of rotatable bonds is 6. The Morgan fingerprint density at radius 1 is 1.40 bits per heavy atom. The molecule has 1 aromatic rings. The van der Waals surface area contributed by atoms with Crippen LogP contribution in [-0.2, 0) is 0 Å². The lowest BCUT2D eigenvalue weighted by molar-refractivity contribution is 0.0937. The topological polar surface area (TPSA) is 40.5 Å². The summed E-state index contributed by atoms with van der Waals surface area (Å²) in [7, 11) is 0. The molecule has 1 fully saturated rings. The van der Waals surface area contributed by atoms with Gasteiger partial charge in [-0.15, -0.1) is 0 Å². The summed E-state index contributed by atoms with van der Waals surface area (Å²) in [6, 6.07) is 7.81. The molecule has 0 radical (unpaired) electrons. The maximum absolute atomic E-state index is 12.2. The van der Waals surface area contributed by atoms with Crippen LogP contribution < -0.4 is 0 Å². The van der Waals surface area contributed by atoms with Gasteiger partial charge in [0.15, 0.2) is 5.78 Å². The summed E-state index contributed by atoms with van der Waals surface area (Å²) in [5, 5.41) is 9.03. The van der Waals surface area contributed by atoms with Crippen LogP contribution in [0.5, 0.6) is 0 Å². The summed E-state index contributed by atoms with van der Waals surface area (Å²) >= 11 is 0. The van der Waals surface area contributed by atoms with Gasteiger partial charge in [-0.3, -0.25) is 4.79 Å². The molecule has 110 valence electrons. The van der Waals surface area contributed by atoms with Crippen molar-refractivity contribution in [1.82, 2.24) is 4.90 Å². The summed E-state index contributed by atoms with van der Waals surface area (Å²) in [4.78, 5) is 14.6. The summed E-state index contributed by atoms with van der Waals surface area (Å²) in [6.07, 6.45) is 3.88. The van der Waals surface area contributed by atoms with E-state index in [-0.39, 0.29) is 12.4 Å². The predicted molar refractivity (Wildman–Crippen MR) is 81.0 cm³/mol. The molecule has 1 unspecified atom stereocenters. The number of aliphatic hydroxyl groups is 1. The Hall–Kier alpha value is -1.19. The molecule has 1 aromatic carbocycles. The zero-order chi connectivity index (χ0) is 14.4. The van der Waals surface area contributed by atoms with E-state index in [1.165, 1.54) is 12.8 Å². The molecule has 2 rings (SSSR count). The molecule has 1 heterocycles. The third-order valence-electron chi connectivity index (χ3n) is 4.24. The van der Waals surface area contributed by atoms with Crippen LogP contribution in [0, 0.1) is 12.8 Å². The van der Waals surface area contributed by atoms with Gasteiger partial charge in [-0.2, -0.15) is 0 Å². The monoisotopic (exact) mass is 275 g/mol. The highest BCUT2D eigenvalue weighted by molar-refractivity contribution is 5.97. The highest BCUT2D eigenvalue weighted by Crippen LogP contribution is 2.19. The molecule has 0 aliphatic carbocycles. The summed E-state index contributed by atoms with van der Waals surface area (Å²) in [5.41, 5.74) is 1.92. The van der Waals surface area contributed by atoms with Crippen LogP contribution in [0.3, 0.4) is 0 Å². The smallest absolute Gasteiger partial charge is 0.164 e. The molecule has 0 saturated carbocycles. The number of aliphatic hydroxyl groups excluding tert-OH is 1. The van der Waals surface area contributed by atoms with Crippen LogP contribution in [0.2, 0.25) is 0 Å². The van der Waals surface area contributed by atoms with E-state index < -0.39 is 0 Å². The van der Waals surface area contributed by atoms with Crippen molar-refractivity contribution >= 4 is 5.78 Å². The fourth-order valence-corrected chi connectivity index (χ4v) is 3.05. The number of carbonyl (C=O) groups excluding carboxylic acids is 1. The third-order valence-corrected chi connectivity index (χ3v) is 4.24. The van der Waals surface area contributed by atoms with Crippen LogP contribution in [0.15, 0.2) is 24.3 Å². The van der Waals surface area contributed by atoms with Gasteiger partial charge in [0.05, 0.1) is 0 Å². The Bertz CT molecular complexity index is 442. The van der Waals surface area contributed by atoms with Crippen molar-refractivity contribution in [3.05, 3.63) is 35.4 Å². The number of benzene rings is 1. The Morgan fingerprint density at radius 3 is 2.95 bits per heavy atom. The number of Topliss-reactive ketones (excluding diaryl/α,β-unsaturated/α-hetero) is 1. The van der Waals surface area contributed by atoms with Gasteiger partial charge in [0.25, 0.3) is 0 Å². The number of nitrogens with zero attached hydrogens (tertiary/aromatic N) is 1. The molecule has 0 spiro atoms. The lowest BCUT2D eigenvalue weighted by Gasteiger charge is -2.32. The van der Waals surface area contributed by atoms with Gasteiger partial charge in [0.1, 0.15) is 0 Å². The number of hydrogen-bond donors (Lipinski definition) is 1. The minimum Gasteiger partial charge on any atom is -0.396 e. The van der Waals surface area contributed by atoms with Crippen molar-refractivity contribution < 1.29 is 9.90 Å². The van der Waals surface area contributed by atoms with E-state index in [9.17, 15) is 4.79 Å². The molecule has 20 heavy (non-hydrogen) atoms. The van der Waals surface area contributed by atoms with E-state index in [4.69, 9.17) is 5.11 Å². The second-order valence-electron chi connectivity index (χ2n) is 5.81. The summed E-state index contributed by atoms with van der Waals surface area (Å²) in [5.74, 6) is 0.842. The lowest BCUT2D eigenvalue weighted by Crippen LogP contribution is -2.37. The van der Waals surface area contributed by atoms with Gasteiger partial charge in [0, 0.05) is 31.7 Å². The average Bonchev–Trinajstić information content (AvgIpc) is 2.46. The summed E-state index contributed by atoms with van der Waals surface area (Å²) in [6.45, 7) is 5.23. The first-order valence-corrected chi connectivity index (χ1v) is 7.62. The molecule has 1 saturated heterocycles. The van der Waals surface area contributed by atoms with Gasteiger partial charge in [-0.1, -0.05) is 24.3 Å². The van der Waals surface area contributed by atoms with E-state index in [1.54, 1.807) is 0 Å². The zero-order valence-corrected chi connectivity index (χ0v) is 12.3. The van der Waals surface area contributed by atoms with Gasteiger partial charge in [0.2, 0.25) is 0 Å². The number of carbonyl (C=O) groups is 1. The van der Waals surface area contributed by atoms with Gasteiger partial charge < -0.3 is 10.0 Å². The van der Waals surface area contributed by atoms with E-state index in [1.807, 2.05) is 31.2 Å². The lowest BCUT2D eigenvalue weighted by atomic mass is 9.94. The SMILES string of the molecule is Cc1ccccc1C(=O)CCN1CCCC(CCO)C1. The Balaban J connectivity index is 1.83.